The molecule has 1 saturated heterocycles. The Bertz CT molecular complexity index is 611. The summed E-state index contributed by atoms with van der Waals surface area (Å²) in [5, 5.41) is 3.95. The van der Waals surface area contributed by atoms with Crippen LogP contribution >= 0.6 is 0 Å². The lowest BCUT2D eigenvalue weighted by molar-refractivity contribution is 0.116. The Hall–Kier alpha value is -1.88. The molecule has 3 rings (SSSR count). The zero-order valence-electron chi connectivity index (χ0n) is 13.3. The summed E-state index contributed by atoms with van der Waals surface area (Å²) >= 11 is 0. The van der Waals surface area contributed by atoms with Gasteiger partial charge >= 0.3 is 0 Å². The molecule has 0 aliphatic carbocycles. The van der Waals surface area contributed by atoms with Gasteiger partial charge in [0.05, 0.1) is 18.8 Å². The van der Waals surface area contributed by atoms with Crippen LogP contribution in [-0.4, -0.2) is 34.7 Å². The van der Waals surface area contributed by atoms with Crippen LogP contribution in [0.15, 0.2) is 28.9 Å². The first-order valence-corrected chi connectivity index (χ1v) is 7.89. The summed E-state index contributed by atoms with van der Waals surface area (Å²) in [5.74, 6) is 2.42. The van der Waals surface area contributed by atoms with Crippen molar-refractivity contribution in [2.45, 2.75) is 33.2 Å². The summed E-state index contributed by atoms with van der Waals surface area (Å²) in [6.45, 7) is 7.70. The van der Waals surface area contributed by atoms with Gasteiger partial charge in [0.1, 0.15) is 5.75 Å². The molecule has 1 aliphatic heterocycles. The third-order valence-corrected chi connectivity index (χ3v) is 4.01. The van der Waals surface area contributed by atoms with Gasteiger partial charge in [-0.1, -0.05) is 5.16 Å². The number of hydrogen-bond acceptors (Lipinski definition) is 5. The number of likely N-dealkylation sites (tertiary alicyclic amines) is 1. The zero-order chi connectivity index (χ0) is 15.4. The highest BCUT2D eigenvalue weighted by atomic mass is 16.5. The van der Waals surface area contributed by atoms with E-state index in [2.05, 4.69) is 15.0 Å². The van der Waals surface area contributed by atoms with Crippen molar-refractivity contribution in [1.29, 1.82) is 0 Å². The van der Waals surface area contributed by atoms with Crippen LogP contribution in [0.1, 0.15) is 30.0 Å². The maximum atomic E-state index is 5.93. The second-order valence-corrected chi connectivity index (χ2v) is 6.12. The number of piperidine rings is 1. The maximum Gasteiger partial charge on any atom is 0.150 e. The standard InChI is InChI=1S/C17H23N3O2/c1-13-8-16(5-6-18-13)21-12-15-4-3-7-20(10-15)11-17-9-14(2)19-22-17/h5-6,8-9,15H,3-4,7,10-12H2,1-2H3. The molecule has 22 heavy (non-hydrogen) atoms. The second-order valence-electron chi connectivity index (χ2n) is 6.12. The molecule has 0 spiro atoms. The Kier molecular flexibility index (Phi) is 4.73. The van der Waals surface area contributed by atoms with Gasteiger partial charge in [-0.2, -0.15) is 0 Å². The Morgan fingerprint density at radius 1 is 1.32 bits per heavy atom. The van der Waals surface area contributed by atoms with E-state index in [0.717, 1.165) is 49.1 Å². The van der Waals surface area contributed by atoms with E-state index in [0.29, 0.717) is 5.92 Å². The molecule has 2 aromatic heterocycles. The smallest absolute Gasteiger partial charge is 0.150 e. The molecule has 0 saturated carbocycles. The van der Waals surface area contributed by atoms with E-state index < -0.39 is 0 Å². The van der Waals surface area contributed by atoms with Crippen LogP contribution in [0.5, 0.6) is 5.75 Å². The number of rotatable bonds is 5. The fraction of sp³-hybridized carbons (Fsp3) is 0.529. The molecule has 3 heterocycles. The minimum atomic E-state index is 0.561. The van der Waals surface area contributed by atoms with E-state index in [4.69, 9.17) is 9.26 Å². The van der Waals surface area contributed by atoms with Crippen molar-refractivity contribution < 1.29 is 9.26 Å². The largest absolute Gasteiger partial charge is 0.493 e. The van der Waals surface area contributed by atoms with E-state index >= 15 is 0 Å². The van der Waals surface area contributed by atoms with E-state index in [9.17, 15) is 0 Å². The van der Waals surface area contributed by atoms with Crippen LogP contribution in [0.3, 0.4) is 0 Å². The highest BCUT2D eigenvalue weighted by Gasteiger charge is 2.21. The summed E-state index contributed by atoms with van der Waals surface area (Å²) in [6, 6.07) is 5.92. The van der Waals surface area contributed by atoms with Crippen molar-refractivity contribution >= 4 is 0 Å². The maximum absolute atomic E-state index is 5.93. The predicted molar refractivity (Wildman–Crippen MR) is 83.7 cm³/mol. The highest BCUT2D eigenvalue weighted by molar-refractivity contribution is 5.21. The number of pyridine rings is 1. The van der Waals surface area contributed by atoms with Crippen LogP contribution in [-0.2, 0) is 6.54 Å². The molecule has 0 N–H and O–H groups in total. The monoisotopic (exact) mass is 301 g/mol. The van der Waals surface area contributed by atoms with E-state index in [1.165, 1.54) is 12.8 Å². The van der Waals surface area contributed by atoms with E-state index in [1.54, 1.807) is 6.20 Å². The van der Waals surface area contributed by atoms with Gasteiger partial charge in [0.25, 0.3) is 0 Å². The van der Waals surface area contributed by atoms with Crippen molar-refractivity contribution in [2.75, 3.05) is 19.7 Å². The molecular weight excluding hydrogens is 278 g/mol. The second kappa shape index (κ2) is 6.92. The van der Waals surface area contributed by atoms with Crippen molar-refractivity contribution in [3.8, 4) is 5.75 Å². The van der Waals surface area contributed by atoms with Gasteiger partial charge in [-0.05, 0) is 39.3 Å². The molecule has 5 heteroatoms. The number of hydrogen-bond donors (Lipinski definition) is 0. The first-order valence-electron chi connectivity index (χ1n) is 7.89. The number of nitrogens with zero attached hydrogens (tertiary/aromatic N) is 3. The molecule has 1 unspecified atom stereocenters. The molecule has 0 aromatic carbocycles. The first kappa shape index (κ1) is 15.0. The molecule has 0 bridgehead atoms. The Balaban J connectivity index is 1.50. The zero-order valence-corrected chi connectivity index (χ0v) is 13.3. The average molecular weight is 301 g/mol. The molecule has 0 radical (unpaired) electrons. The predicted octanol–water partition coefficient (Wildman–Crippen LogP) is 2.98. The molecular formula is C17H23N3O2. The third kappa shape index (κ3) is 4.07. The summed E-state index contributed by atoms with van der Waals surface area (Å²) in [7, 11) is 0. The van der Waals surface area contributed by atoms with Gasteiger partial charge in [-0.15, -0.1) is 0 Å². The Morgan fingerprint density at radius 3 is 3.00 bits per heavy atom. The lowest BCUT2D eigenvalue weighted by atomic mass is 9.99. The van der Waals surface area contributed by atoms with Crippen LogP contribution in [0, 0.1) is 19.8 Å². The molecule has 1 aliphatic rings. The minimum absolute atomic E-state index is 0.561. The topological polar surface area (TPSA) is 51.4 Å². The summed E-state index contributed by atoms with van der Waals surface area (Å²) < 4.78 is 11.2. The van der Waals surface area contributed by atoms with Gasteiger partial charge in [-0.3, -0.25) is 9.88 Å². The molecule has 118 valence electrons. The van der Waals surface area contributed by atoms with E-state index in [1.807, 2.05) is 32.0 Å². The fourth-order valence-electron chi connectivity index (χ4n) is 2.97. The molecule has 1 atom stereocenters. The van der Waals surface area contributed by atoms with Crippen LogP contribution in [0.4, 0.5) is 0 Å². The number of ether oxygens (including phenoxy) is 1. The minimum Gasteiger partial charge on any atom is -0.493 e. The lowest BCUT2D eigenvalue weighted by Crippen LogP contribution is -2.37. The van der Waals surface area contributed by atoms with Crippen molar-refractivity contribution in [1.82, 2.24) is 15.0 Å². The quantitative estimate of drug-likeness (QED) is 0.850. The van der Waals surface area contributed by atoms with Crippen molar-refractivity contribution in [2.24, 2.45) is 5.92 Å². The molecule has 1 fully saturated rings. The van der Waals surface area contributed by atoms with Crippen LogP contribution in [0.25, 0.3) is 0 Å². The Morgan fingerprint density at radius 2 is 2.23 bits per heavy atom. The van der Waals surface area contributed by atoms with Crippen LogP contribution < -0.4 is 4.74 Å². The van der Waals surface area contributed by atoms with Crippen LogP contribution in [0.2, 0.25) is 0 Å². The van der Waals surface area contributed by atoms with Crippen molar-refractivity contribution in [3.63, 3.8) is 0 Å². The lowest BCUT2D eigenvalue weighted by Gasteiger charge is -2.31. The third-order valence-electron chi connectivity index (χ3n) is 4.01. The highest BCUT2D eigenvalue weighted by Crippen LogP contribution is 2.20. The molecule has 5 nitrogen and oxygen atoms in total. The average Bonchev–Trinajstić information content (AvgIpc) is 2.91. The molecule has 0 amide bonds. The Labute approximate surface area is 131 Å². The number of aryl methyl sites for hydroxylation is 2. The number of aromatic nitrogens is 2. The summed E-state index contributed by atoms with van der Waals surface area (Å²) in [6.07, 6.45) is 4.22. The van der Waals surface area contributed by atoms with Gasteiger partial charge in [0.2, 0.25) is 0 Å². The molecule has 2 aromatic rings. The van der Waals surface area contributed by atoms with Gasteiger partial charge < -0.3 is 9.26 Å². The van der Waals surface area contributed by atoms with Gasteiger partial charge in [0, 0.05) is 36.5 Å². The first-order chi connectivity index (χ1) is 10.7. The van der Waals surface area contributed by atoms with Crippen molar-refractivity contribution in [3.05, 3.63) is 41.5 Å². The van der Waals surface area contributed by atoms with Gasteiger partial charge in [0.15, 0.2) is 5.76 Å². The van der Waals surface area contributed by atoms with E-state index in [-0.39, 0.29) is 0 Å². The SMILES string of the molecule is Cc1cc(OCC2CCCN(Cc3cc(C)no3)C2)ccn1. The summed E-state index contributed by atoms with van der Waals surface area (Å²) in [5.41, 5.74) is 1.93. The summed E-state index contributed by atoms with van der Waals surface area (Å²) in [4.78, 5) is 6.62. The normalized spacial score (nSPS) is 19.3. The van der Waals surface area contributed by atoms with Gasteiger partial charge in [-0.25, -0.2) is 0 Å². The fourth-order valence-corrected chi connectivity index (χ4v) is 2.97.